The third-order valence-corrected chi connectivity index (χ3v) is 6.02. The number of nitrogens with zero attached hydrogens (tertiary/aromatic N) is 1. The molecule has 29 heavy (non-hydrogen) atoms. The minimum Gasteiger partial charge on any atom is -0.380 e. The van der Waals surface area contributed by atoms with Gasteiger partial charge in [-0.1, -0.05) is 43.0 Å². The minimum atomic E-state index is -4.30. The van der Waals surface area contributed by atoms with Crippen molar-refractivity contribution < 1.29 is 23.0 Å². The number of ether oxygens (including phenoxy) is 1. The minimum absolute atomic E-state index is 0.261. The second kappa shape index (κ2) is 7.50. The lowest BCUT2D eigenvalue weighted by Crippen LogP contribution is -2.46. The fraction of sp³-hybridized carbons (Fsp3) is 0.391. The number of aliphatic hydroxyl groups is 1. The molecule has 2 saturated heterocycles. The van der Waals surface area contributed by atoms with E-state index < -0.39 is 17.3 Å². The quantitative estimate of drug-likeness (QED) is 0.798. The molecule has 6 heteroatoms. The van der Waals surface area contributed by atoms with Gasteiger partial charge in [-0.15, -0.1) is 0 Å². The number of hydrogen-bond acceptors (Lipinski definition) is 3. The Balaban J connectivity index is 1.36. The lowest BCUT2D eigenvalue weighted by Gasteiger charge is -2.37. The standard InChI is InChI=1S/C23H24F3NO2/c1-16(17-2-6-20(7-3-17)22(28)14-29-15-22)27-12-10-19(11-13-27)18-4-8-21(9-5-18)23(24,25)26/h2-9,19,28H,1,10-15H2. The van der Waals surface area contributed by atoms with Gasteiger partial charge in [-0.25, -0.2) is 0 Å². The van der Waals surface area contributed by atoms with Crippen molar-refractivity contribution in [1.82, 2.24) is 4.90 Å². The third kappa shape index (κ3) is 4.05. The summed E-state index contributed by atoms with van der Waals surface area (Å²) in [5.74, 6) is 0.261. The number of halogens is 3. The number of hydrogen-bond donors (Lipinski definition) is 1. The van der Waals surface area contributed by atoms with Crippen molar-refractivity contribution in [2.75, 3.05) is 26.3 Å². The van der Waals surface area contributed by atoms with Crippen molar-refractivity contribution in [1.29, 1.82) is 0 Å². The Morgan fingerprint density at radius 3 is 2.07 bits per heavy atom. The molecule has 154 valence electrons. The van der Waals surface area contributed by atoms with Gasteiger partial charge in [0, 0.05) is 18.8 Å². The van der Waals surface area contributed by atoms with Gasteiger partial charge in [0.25, 0.3) is 0 Å². The normalized spacial score (nSPS) is 19.7. The van der Waals surface area contributed by atoms with Crippen LogP contribution in [0.3, 0.4) is 0 Å². The van der Waals surface area contributed by atoms with Gasteiger partial charge in [0.05, 0.1) is 18.8 Å². The molecule has 0 amide bonds. The van der Waals surface area contributed by atoms with E-state index in [9.17, 15) is 18.3 Å². The molecule has 0 aliphatic carbocycles. The monoisotopic (exact) mass is 403 g/mol. The first-order valence-corrected chi connectivity index (χ1v) is 9.78. The molecule has 0 bridgehead atoms. The van der Waals surface area contributed by atoms with Crippen molar-refractivity contribution in [2.45, 2.75) is 30.5 Å². The van der Waals surface area contributed by atoms with Crippen molar-refractivity contribution in [3.63, 3.8) is 0 Å². The largest absolute Gasteiger partial charge is 0.416 e. The van der Waals surface area contributed by atoms with E-state index in [1.807, 2.05) is 24.3 Å². The highest BCUT2D eigenvalue weighted by Crippen LogP contribution is 2.35. The fourth-order valence-electron chi connectivity index (χ4n) is 4.04. The summed E-state index contributed by atoms with van der Waals surface area (Å²) in [7, 11) is 0. The smallest absolute Gasteiger partial charge is 0.380 e. The molecule has 0 radical (unpaired) electrons. The van der Waals surface area contributed by atoms with E-state index in [0.717, 1.165) is 48.3 Å². The Morgan fingerprint density at radius 1 is 1.00 bits per heavy atom. The molecule has 0 saturated carbocycles. The van der Waals surface area contributed by atoms with E-state index in [2.05, 4.69) is 11.5 Å². The summed E-state index contributed by atoms with van der Waals surface area (Å²) < 4.78 is 43.3. The van der Waals surface area contributed by atoms with Gasteiger partial charge in [0.1, 0.15) is 5.60 Å². The van der Waals surface area contributed by atoms with Crippen LogP contribution >= 0.6 is 0 Å². The van der Waals surface area contributed by atoms with E-state index in [-0.39, 0.29) is 5.92 Å². The zero-order valence-corrected chi connectivity index (χ0v) is 16.1. The average Bonchev–Trinajstić information content (AvgIpc) is 2.71. The van der Waals surface area contributed by atoms with E-state index in [1.165, 1.54) is 12.1 Å². The van der Waals surface area contributed by atoms with E-state index in [0.29, 0.717) is 13.2 Å². The summed E-state index contributed by atoms with van der Waals surface area (Å²) in [6.45, 7) is 6.49. The molecule has 0 spiro atoms. The molecule has 4 rings (SSSR count). The molecule has 2 heterocycles. The first-order valence-electron chi connectivity index (χ1n) is 9.78. The molecule has 0 atom stereocenters. The highest BCUT2D eigenvalue weighted by atomic mass is 19.4. The predicted octanol–water partition coefficient (Wildman–Crippen LogP) is 4.77. The van der Waals surface area contributed by atoms with Crippen LogP contribution in [0.5, 0.6) is 0 Å². The number of benzene rings is 2. The van der Waals surface area contributed by atoms with Crippen LogP contribution in [-0.4, -0.2) is 36.3 Å². The van der Waals surface area contributed by atoms with E-state index in [1.54, 1.807) is 12.1 Å². The summed E-state index contributed by atoms with van der Waals surface area (Å²) >= 11 is 0. The predicted molar refractivity (Wildman–Crippen MR) is 105 cm³/mol. The van der Waals surface area contributed by atoms with Gasteiger partial charge in [0.2, 0.25) is 0 Å². The molecule has 2 aromatic carbocycles. The molecule has 2 aliphatic rings. The molecular formula is C23H24F3NO2. The first-order chi connectivity index (χ1) is 13.8. The number of alkyl halides is 3. The summed E-state index contributed by atoms with van der Waals surface area (Å²) in [6.07, 6.45) is -2.55. The van der Waals surface area contributed by atoms with Crippen LogP contribution in [0.15, 0.2) is 55.1 Å². The van der Waals surface area contributed by atoms with Crippen LogP contribution in [0.1, 0.15) is 41.0 Å². The topological polar surface area (TPSA) is 32.7 Å². The zero-order chi connectivity index (χ0) is 20.6. The second-order valence-electron chi connectivity index (χ2n) is 7.93. The van der Waals surface area contributed by atoms with Crippen LogP contribution < -0.4 is 0 Å². The second-order valence-corrected chi connectivity index (χ2v) is 7.93. The zero-order valence-electron chi connectivity index (χ0n) is 16.1. The van der Waals surface area contributed by atoms with E-state index >= 15 is 0 Å². The van der Waals surface area contributed by atoms with Crippen molar-refractivity contribution >= 4 is 5.70 Å². The highest BCUT2D eigenvalue weighted by Gasteiger charge is 2.37. The van der Waals surface area contributed by atoms with Gasteiger partial charge in [-0.05, 0) is 47.6 Å². The third-order valence-electron chi connectivity index (χ3n) is 6.02. The Morgan fingerprint density at radius 2 is 1.59 bits per heavy atom. The molecule has 2 aliphatic heterocycles. The maximum atomic E-state index is 12.7. The summed E-state index contributed by atoms with van der Waals surface area (Å²) in [5.41, 5.74) is 2.27. The van der Waals surface area contributed by atoms with Gasteiger partial charge in [0.15, 0.2) is 0 Å². The Bertz CT molecular complexity index is 862. The van der Waals surface area contributed by atoms with Crippen molar-refractivity contribution in [3.05, 3.63) is 77.4 Å². The molecule has 2 aromatic rings. The molecule has 3 nitrogen and oxygen atoms in total. The number of rotatable bonds is 4. The van der Waals surface area contributed by atoms with Crippen molar-refractivity contribution in [3.8, 4) is 0 Å². The molecule has 0 unspecified atom stereocenters. The van der Waals surface area contributed by atoms with Crippen LogP contribution in [0.2, 0.25) is 0 Å². The number of likely N-dealkylation sites (tertiary alicyclic amines) is 1. The maximum Gasteiger partial charge on any atom is 0.416 e. The maximum absolute atomic E-state index is 12.7. The molecule has 1 N–H and O–H groups in total. The van der Waals surface area contributed by atoms with Gasteiger partial charge in [-0.2, -0.15) is 13.2 Å². The molecular weight excluding hydrogens is 379 g/mol. The highest BCUT2D eigenvalue weighted by molar-refractivity contribution is 5.62. The first kappa shape index (κ1) is 20.0. The summed E-state index contributed by atoms with van der Waals surface area (Å²) in [6, 6.07) is 13.3. The number of piperidine rings is 1. The summed E-state index contributed by atoms with van der Waals surface area (Å²) in [5, 5.41) is 10.3. The lowest BCUT2D eigenvalue weighted by atomic mass is 9.88. The Kier molecular flexibility index (Phi) is 5.17. The van der Waals surface area contributed by atoms with Gasteiger partial charge in [-0.3, -0.25) is 0 Å². The SMILES string of the molecule is C=C(c1ccc(C2(O)COC2)cc1)N1CCC(c2ccc(C(F)(F)F)cc2)CC1. The van der Waals surface area contributed by atoms with Crippen LogP contribution in [-0.2, 0) is 16.5 Å². The van der Waals surface area contributed by atoms with Crippen LogP contribution in [0, 0.1) is 0 Å². The Hall–Kier alpha value is -2.31. The Labute approximate surface area is 168 Å². The lowest BCUT2D eigenvalue weighted by molar-refractivity contribution is -0.184. The summed E-state index contributed by atoms with van der Waals surface area (Å²) in [4.78, 5) is 2.22. The fourth-order valence-corrected chi connectivity index (χ4v) is 4.04. The molecule has 0 aromatic heterocycles. The van der Waals surface area contributed by atoms with Gasteiger partial charge < -0.3 is 14.7 Å². The van der Waals surface area contributed by atoms with E-state index in [4.69, 9.17) is 4.74 Å². The average molecular weight is 403 g/mol. The van der Waals surface area contributed by atoms with Crippen LogP contribution in [0.4, 0.5) is 13.2 Å². The van der Waals surface area contributed by atoms with Gasteiger partial charge >= 0.3 is 6.18 Å². The molecule has 2 fully saturated rings. The van der Waals surface area contributed by atoms with Crippen LogP contribution in [0.25, 0.3) is 5.70 Å². The van der Waals surface area contributed by atoms with Crippen molar-refractivity contribution in [2.24, 2.45) is 0 Å².